The van der Waals surface area contributed by atoms with E-state index in [9.17, 15) is 0 Å². The number of para-hydroxylation sites is 2. The fourth-order valence-electron chi connectivity index (χ4n) is 3.50. The molecule has 0 radical (unpaired) electrons. The van der Waals surface area contributed by atoms with Crippen molar-refractivity contribution < 1.29 is 9.47 Å². The van der Waals surface area contributed by atoms with Gasteiger partial charge in [-0.2, -0.15) is 0 Å². The number of nitrogens with one attached hydrogen (secondary N) is 2. The number of guanidine groups is 1. The van der Waals surface area contributed by atoms with Crippen molar-refractivity contribution in [2.45, 2.75) is 38.8 Å². The highest BCUT2D eigenvalue weighted by Gasteiger charge is 2.21. The van der Waals surface area contributed by atoms with E-state index in [-0.39, 0.29) is 30.1 Å². The van der Waals surface area contributed by atoms with E-state index in [1.165, 1.54) is 0 Å². The average molecular weight is 539 g/mol. The second-order valence-corrected chi connectivity index (χ2v) is 7.39. The van der Waals surface area contributed by atoms with E-state index in [0.29, 0.717) is 12.6 Å². The minimum Gasteiger partial charge on any atom is -0.493 e. The van der Waals surface area contributed by atoms with Gasteiger partial charge >= 0.3 is 0 Å². The van der Waals surface area contributed by atoms with Crippen molar-refractivity contribution in [3.8, 4) is 11.5 Å². The summed E-state index contributed by atoms with van der Waals surface area (Å²) in [5.41, 5.74) is 0. The van der Waals surface area contributed by atoms with E-state index in [0.717, 1.165) is 55.8 Å². The third-order valence-corrected chi connectivity index (χ3v) is 5.06. The van der Waals surface area contributed by atoms with Crippen LogP contribution in [0.25, 0.3) is 0 Å². The lowest BCUT2D eigenvalue weighted by molar-refractivity contribution is 0.219. The van der Waals surface area contributed by atoms with Crippen molar-refractivity contribution in [1.29, 1.82) is 0 Å². The summed E-state index contributed by atoms with van der Waals surface area (Å²) in [5.74, 6) is 3.36. The second kappa shape index (κ2) is 13.2. The number of methoxy groups -OCH3 is 1. The van der Waals surface area contributed by atoms with Crippen LogP contribution in [0.3, 0.4) is 0 Å². The van der Waals surface area contributed by atoms with Gasteiger partial charge in [-0.3, -0.25) is 0 Å². The molecule has 0 saturated carbocycles. The SMILES string of the molecule is CCNC(=NCC(C)Oc1ccccc1OC)NC1CCN(c2ccccn2)CC1.I. The van der Waals surface area contributed by atoms with E-state index in [1.54, 1.807) is 7.11 Å². The number of halogens is 1. The number of aliphatic imine (C=N–C) groups is 1. The maximum Gasteiger partial charge on any atom is 0.191 e. The van der Waals surface area contributed by atoms with Crippen molar-refractivity contribution in [3.63, 3.8) is 0 Å². The number of ether oxygens (including phenoxy) is 2. The maximum absolute atomic E-state index is 6.02. The van der Waals surface area contributed by atoms with Gasteiger partial charge in [-0.05, 0) is 51.0 Å². The highest BCUT2D eigenvalue weighted by atomic mass is 127. The van der Waals surface area contributed by atoms with E-state index < -0.39 is 0 Å². The number of hydrogen-bond acceptors (Lipinski definition) is 5. The summed E-state index contributed by atoms with van der Waals surface area (Å²) in [6, 6.07) is 14.1. The summed E-state index contributed by atoms with van der Waals surface area (Å²) in [4.78, 5) is 11.5. The molecule has 0 aliphatic carbocycles. The summed E-state index contributed by atoms with van der Waals surface area (Å²) >= 11 is 0. The molecule has 0 amide bonds. The molecule has 2 aromatic rings. The Balaban J connectivity index is 0.00000341. The summed E-state index contributed by atoms with van der Waals surface area (Å²) < 4.78 is 11.4. The van der Waals surface area contributed by atoms with Gasteiger partial charge in [0, 0.05) is 31.9 Å². The third kappa shape index (κ3) is 7.75. The summed E-state index contributed by atoms with van der Waals surface area (Å²) in [6.07, 6.45) is 3.88. The van der Waals surface area contributed by atoms with Gasteiger partial charge in [0.2, 0.25) is 0 Å². The normalized spacial score (nSPS) is 15.6. The smallest absolute Gasteiger partial charge is 0.191 e. The molecule has 1 aliphatic rings. The molecule has 1 atom stereocenters. The zero-order chi connectivity index (χ0) is 21.2. The van der Waals surface area contributed by atoms with Gasteiger partial charge in [0.05, 0.1) is 13.7 Å². The van der Waals surface area contributed by atoms with Crippen LogP contribution < -0.4 is 25.0 Å². The molecule has 8 heteroatoms. The quantitative estimate of drug-likeness (QED) is 0.303. The molecule has 170 valence electrons. The first-order valence-electron chi connectivity index (χ1n) is 10.7. The van der Waals surface area contributed by atoms with Crippen LogP contribution >= 0.6 is 24.0 Å². The number of benzene rings is 1. The number of rotatable bonds is 8. The van der Waals surface area contributed by atoms with E-state index >= 15 is 0 Å². The fraction of sp³-hybridized carbons (Fsp3) is 0.478. The predicted octanol–water partition coefficient (Wildman–Crippen LogP) is 3.70. The van der Waals surface area contributed by atoms with Gasteiger partial charge in [-0.1, -0.05) is 18.2 Å². The molecule has 1 saturated heterocycles. The van der Waals surface area contributed by atoms with Crippen LogP contribution in [0.1, 0.15) is 26.7 Å². The summed E-state index contributed by atoms with van der Waals surface area (Å²) in [6.45, 7) is 7.45. The Bertz CT molecular complexity index is 798. The Labute approximate surface area is 202 Å². The van der Waals surface area contributed by atoms with Crippen LogP contribution in [0.2, 0.25) is 0 Å². The number of piperidine rings is 1. The molecule has 1 aromatic heterocycles. The first kappa shape index (κ1) is 25.0. The van der Waals surface area contributed by atoms with E-state index in [2.05, 4.69) is 33.5 Å². The zero-order valence-electron chi connectivity index (χ0n) is 18.6. The fourth-order valence-corrected chi connectivity index (χ4v) is 3.50. The van der Waals surface area contributed by atoms with Crippen LogP contribution in [0.4, 0.5) is 5.82 Å². The number of aromatic nitrogens is 1. The van der Waals surface area contributed by atoms with Crippen LogP contribution in [0.5, 0.6) is 11.5 Å². The molecule has 1 unspecified atom stereocenters. The number of anilines is 1. The highest BCUT2D eigenvalue weighted by molar-refractivity contribution is 14.0. The predicted molar refractivity (Wildman–Crippen MR) is 137 cm³/mol. The molecule has 0 bridgehead atoms. The van der Waals surface area contributed by atoms with Crippen LogP contribution in [0.15, 0.2) is 53.7 Å². The molecular formula is C23H34IN5O2. The van der Waals surface area contributed by atoms with Gasteiger partial charge < -0.3 is 25.0 Å². The Morgan fingerprint density at radius 2 is 1.87 bits per heavy atom. The first-order chi connectivity index (χ1) is 14.7. The van der Waals surface area contributed by atoms with Crippen LogP contribution in [0, 0.1) is 0 Å². The number of hydrogen-bond donors (Lipinski definition) is 2. The van der Waals surface area contributed by atoms with Crippen molar-refractivity contribution in [2.24, 2.45) is 4.99 Å². The van der Waals surface area contributed by atoms with Crippen LogP contribution in [-0.4, -0.2) is 56.4 Å². The Kier molecular flexibility index (Phi) is 10.7. The molecule has 31 heavy (non-hydrogen) atoms. The number of pyridine rings is 1. The lowest BCUT2D eigenvalue weighted by Crippen LogP contribution is -2.49. The third-order valence-electron chi connectivity index (χ3n) is 5.06. The molecular weight excluding hydrogens is 505 g/mol. The Morgan fingerprint density at radius 3 is 2.52 bits per heavy atom. The molecule has 1 fully saturated rings. The second-order valence-electron chi connectivity index (χ2n) is 7.39. The standard InChI is InChI=1S/C23H33N5O2.HI/c1-4-24-23(26-17-18(2)30-21-10-6-5-9-20(21)29-3)27-19-12-15-28(16-13-19)22-11-7-8-14-25-22;/h5-11,14,18-19H,4,12-13,15-17H2,1-3H3,(H2,24,26,27);1H. The van der Waals surface area contributed by atoms with Gasteiger partial charge in [-0.25, -0.2) is 9.98 Å². The monoisotopic (exact) mass is 539 g/mol. The minimum absolute atomic E-state index is 0. The van der Waals surface area contributed by atoms with Gasteiger partial charge in [0.15, 0.2) is 17.5 Å². The summed E-state index contributed by atoms with van der Waals surface area (Å²) in [5, 5.41) is 6.93. The minimum atomic E-state index is -0.0669. The number of nitrogens with zero attached hydrogens (tertiary/aromatic N) is 3. The molecule has 1 aliphatic heterocycles. The van der Waals surface area contributed by atoms with Crippen molar-refractivity contribution in [1.82, 2.24) is 15.6 Å². The molecule has 1 aromatic carbocycles. The first-order valence-corrected chi connectivity index (χ1v) is 10.7. The molecule has 2 heterocycles. The largest absolute Gasteiger partial charge is 0.493 e. The highest BCUT2D eigenvalue weighted by Crippen LogP contribution is 2.26. The maximum atomic E-state index is 6.02. The topological polar surface area (TPSA) is 71.0 Å². The Hall–Kier alpha value is -2.23. The molecule has 2 N–H and O–H groups in total. The van der Waals surface area contributed by atoms with E-state index in [4.69, 9.17) is 14.5 Å². The zero-order valence-corrected chi connectivity index (χ0v) is 20.9. The van der Waals surface area contributed by atoms with Gasteiger partial charge in [0.1, 0.15) is 11.9 Å². The van der Waals surface area contributed by atoms with Gasteiger partial charge in [-0.15, -0.1) is 24.0 Å². The Morgan fingerprint density at radius 1 is 1.16 bits per heavy atom. The lowest BCUT2D eigenvalue weighted by atomic mass is 10.1. The molecule has 3 rings (SSSR count). The van der Waals surface area contributed by atoms with Gasteiger partial charge in [0.25, 0.3) is 0 Å². The van der Waals surface area contributed by atoms with Crippen molar-refractivity contribution in [3.05, 3.63) is 48.7 Å². The average Bonchev–Trinajstić information content (AvgIpc) is 2.79. The molecule has 0 spiro atoms. The summed E-state index contributed by atoms with van der Waals surface area (Å²) in [7, 11) is 1.65. The van der Waals surface area contributed by atoms with Crippen LogP contribution in [-0.2, 0) is 0 Å². The lowest BCUT2D eigenvalue weighted by Gasteiger charge is -2.33. The van der Waals surface area contributed by atoms with Crippen molar-refractivity contribution in [2.75, 3.05) is 38.2 Å². The van der Waals surface area contributed by atoms with Crippen molar-refractivity contribution >= 4 is 35.8 Å². The van der Waals surface area contributed by atoms with E-state index in [1.807, 2.05) is 49.5 Å². The molecule has 7 nitrogen and oxygen atoms in total.